The van der Waals surface area contributed by atoms with E-state index in [2.05, 4.69) is 10.1 Å². The third-order valence-electron chi connectivity index (χ3n) is 2.01. The number of ether oxygens (including phenoxy) is 1. The Hall–Kier alpha value is -1.06. The molecule has 0 fully saturated rings. The summed E-state index contributed by atoms with van der Waals surface area (Å²) in [5.74, 6) is -0.113. The number of nitrogens with one attached hydrogen (secondary N) is 1. The summed E-state index contributed by atoms with van der Waals surface area (Å²) >= 11 is 0. The molecule has 1 N–H and O–H groups in total. The predicted molar refractivity (Wildman–Crippen MR) is 58.3 cm³/mol. The highest BCUT2D eigenvalue weighted by atomic mass is 16.5. The van der Waals surface area contributed by atoms with Gasteiger partial charge in [0.2, 0.25) is 5.91 Å². The van der Waals surface area contributed by atoms with Gasteiger partial charge < -0.3 is 10.1 Å². The second-order valence-corrected chi connectivity index (χ2v) is 4.02. The van der Waals surface area contributed by atoms with E-state index in [-0.39, 0.29) is 11.9 Å². The van der Waals surface area contributed by atoms with Gasteiger partial charge in [0.1, 0.15) is 6.04 Å². The number of esters is 1. The normalized spacial score (nSPS) is 12.3. The molecule has 0 aliphatic rings. The first kappa shape index (κ1) is 13.9. The molecule has 0 bridgehead atoms. The summed E-state index contributed by atoms with van der Waals surface area (Å²) in [6, 6.07) is -0.506. The van der Waals surface area contributed by atoms with Gasteiger partial charge in [-0.2, -0.15) is 0 Å². The van der Waals surface area contributed by atoms with E-state index in [1.54, 1.807) is 0 Å². The van der Waals surface area contributed by atoms with Gasteiger partial charge in [-0.05, 0) is 18.8 Å². The zero-order valence-corrected chi connectivity index (χ0v) is 10.0. The van der Waals surface area contributed by atoms with Crippen LogP contribution in [-0.2, 0) is 14.3 Å². The summed E-state index contributed by atoms with van der Waals surface area (Å²) < 4.78 is 4.64. The largest absolute Gasteiger partial charge is 0.467 e. The molecule has 0 saturated carbocycles. The highest BCUT2D eigenvalue weighted by Crippen LogP contribution is 2.06. The third kappa shape index (κ3) is 6.10. The molecular weight excluding hydrogens is 194 g/mol. The zero-order valence-electron chi connectivity index (χ0n) is 10.0. The van der Waals surface area contributed by atoms with E-state index in [0.29, 0.717) is 18.8 Å². The van der Waals surface area contributed by atoms with Crippen LogP contribution in [0.4, 0.5) is 0 Å². The van der Waals surface area contributed by atoms with E-state index in [1.165, 1.54) is 7.11 Å². The SMILES string of the molecule is CCCC(=O)N[C@H](CC(C)C)C(=O)OC. The molecular formula is C11H21NO3. The van der Waals surface area contributed by atoms with Gasteiger partial charge in [-0.3, -0.25) is 4.79 Å². The molecule has 0 heterocycles. The topological polar surface area (TPSA) is 55.4 Å². The first-order valence-corrected chi connectivity index (χ1v) is 5.38. The number of rotatable bonds is 6. The monoisotopic (exact) mass is 215 g/mol. The van der Waals surface area contributed by atoms with Crippen LogP contribution in [0, 0.1) is 5.92 Å². The Morgan fingerprint density at radius 1 is 1.33 bits per heavy atom. The Kier molecular flexibility index (Phi) is 6.75. The van der Waals surface area contributed by atoms with Crippen LogP contribution in [0.2, 0.25) is 0 Å². The molecule has 88 valence electrons. The molecule has 0 spiro atoms. The van der Waals surface area contributed by atoms with Crippen LogP contribution in [0.25, 0.3) is 0 Å². The minimum absolute atomic E-state index is 0.0893. The van der Waals surface area contributed by atoms with Crippen molar-refractivity contribution < 1.29 is 14.3 Å². The van der Waals surface area contributed by atoms with Crippen molar-refractivity contribution in [2.75, 3.05) is 7.11 Å². The molecule has 4 heteroatoms. The Balaban J connectivity index is 4.24. The number of carbonyl (C=O) groups is 2. The van der Waals surface area contributed by atoms with E-state index in [4.69, 9.17) is 0 Å². The van der Waals surface area contributed by atoms with Crippen LogP contribution in [0.1, 0.15) is 40.0 Å². The summed E-state index contributed by atoms with van der Waals surface area (Å²) in [6.07, 6.45) is 1.84. The summed E-state index contributed by atoms with van der Waals surface area (Å²) in [4.78, 5) is 22.7. The molecule has 0 aromatic rings. The average Bonchev–Trinajstić information content (AvgIpc) is 2.15. The van der Waals surface area contributed by atoms with Crippen molar-refractivity contribution in [2.24, 2.45) is 5.92 Å². The predicted octanol–water partition coefficient (Wildman–Crippen LogP) is 1.49. The fourth-order valence-electron chi connectivity index (χ4n) is 1.32. The Morgan fingerprint density at radius 3 is 2.33 bits per heavy atom. The molecule has 0 aliphatic carbocycles. The van der Waals surface area contributed by atoms with Gasteiger partial charge in [-0.1, -0.05) is 20.8 Å². The number of amides is 1. The first-order valence-electron chi connectivity index (χ1n) is 5.38. The van der Waals surface area contributed by atoms with Gasteiger partial charge >= 0.3 is 5.97 Å². The summed E-state index contributed by atoms with van der Waals surface area (Å²) in [7, 11) is 1.33. The van der Waals surface area contributed by atoms with Crippen molar-refractivity contribution in [1.82, 2.24) is 5.32 Å². The lowest BCUT2D eigenvalue weighted by atomic mass is 10.0. The van der Waals surface area contributed by atoms with Crippen LogP contribution in [0.15, 0.2) is 0 Å². The average molecular weight is 215 g/mol. The van der Waals surface area contributed by atoms with Gasteiger partial charge in [-0.15, -0.1) is 0 Å². The maximum absolute atomic E-state index is 11.4. The third-order valence-corrected chi connectivity index (χ3v) is 2.01. The van der Waals surface area contributed by atoms with Gasteiger partial charge in [0.05, 0.1) is 7.11 Å². The van der Waals surface area contributed by atoms with E-state index in [9.17, 15) is 9.59 Å². The van der Waals surface area contributed by atoms with Gasteiger partial charge in [0, 0.05) is 6.42 Å². The van der Waals surface area contributed by atoms with Crippen molar-refractivity contribution in [3.05, 3.63) is 0 Å². The lowest BCUT2D eigenvalue weighted by Crippen LogP contribution is -2.42. The molecule has 1 atom stereocenters. The number of methoxy groups -OCH3 is 1. The zero-order chi connectivity index (χ0) is 11.8. The molecule has 1 amide bonds. The molecule has 0 aromatic carbocycles. The van der Waals surface area contributed by atoms with Crippen molar-refractivity contribution >= 4 is 11.9 Å². The molecule has 0 saturated heterocycles. The van der Waals surface area contributed by atoms with Crippen molar-refractivity contribution in [1.29, 1.82) is 0 Å². The Labute approximate surface area is 91.4 Å². The second kappa shape index (κ2) is 7.26. The highest BCUT2D eigenvalue weighted by molar-refractivity contribution is 5.84. The van der Waals surface area contributed by atoms with Crippen LogP contribution in [0.5, 0.6) is 0 Å². The molecule has 15 heavy (non-hydrogen) atoms. The van der Waals surface area contributed by atoms with Gasteiger partial charge in [0.15, 0.2) is 0 Å². The lowest BCUT2D eigenvalue weighted by Gasteiger charge is -2.18. The quantitative estimate of drug-likeness (QED) is 0.683. The first-order chi connectivity index (χ1) is 7.01. The molecule has 0 aliphatic heterocycles. The number of hydrogen-bond acceptors (Lipinski definition) is 3. The van der Waals surface area contributed by atoms with Crippen LogP contribution < -0.4 is 5.32 Å². The smallest absolute Gasteiger partial charge is 0.328 e. The summed E-state index contributed by atoms with van der Waals surface area (Å²) in [5, 5.41) is 2.69. The van der Waals surface area contributed by atoms with Crippen molar-refractivity contribution in [3.63, 3.8) is 0 Å². The van der Waals surface area contributed by atoms with E-state index < -0.39 is 6.04 Å². The van der Waals surface area contributed by atoms with Gasteiger partial charge in [-0.25, -0.2) is 4.79 Å². The maximum Gasteiger partial charge on any atom is 0.328 e. The standard InChI is InChI=1S/C11H21NO3/c1-5-6-10(13)12-9(7-8(2)3)11(14)15-4/h8-9H,5-7H2,1-4H3,(H,12,13)/t9-/m1/s1. The van der Waals surface area contributed by atoms with Crippen molar-refractivity contribution in [3.8, 4) is 0 Å². The lowest BCUT2D eigenvalue weighted by molar-refractivity contribution is -0.145. The van der Waals surface area contributed by atoms with E-state index in [0.717, 1.165) is 6.42 Å². The van der Waals surface area contributed by atoms with E-state index in [1.807, 2.05) is 20.8 Å². The summed E-state index contributed by atoms with van der Waals surface area (Å²) in [5.41, 5.74) is 0. The van der Waals surface area contributed by atoms with Crippen LogP contribution >= 0.6 is 0 Å². The van der Waals surface area contributed by atoms with E-state index >= 15 is 0 Å². The molecule has 0 aromatic heterocycles. The fourth-order valence-corrected chi connectivity index (χ4v) is 1.32. The highest BCUT2D eigenvalue weighted by Gasteiger charge is 2.21. The minimum Gasteiger partial charge on any atom is -0.467 e. The second-order valence-electron chi connectivity index (χ2n) is 4.02. The van der Waals surface area contributed by atoms with Gasteiger partial charge in [0.25, 0.3) is 0 Å². The molecule has 0 unspecified atom stereocenters. The Morgan fingerprint density at radius 2 is 1.93 bits per heavy atom. The van der Waals surface area contributed by atoms with Crippen LogP contribution in [-0.4, -0.2) is 25.0 Å². The van der Waals surface area contributed by atoms with Crippen LogP contribution in [0.3, 0.4) is 0 Å². The summed E-state index contributed by atoms with van der Waals surface area (Å²) in [6.45, 7) is 5.93. The number of hydrogen-bond donors (Lipinski definition) is 1. The minimum atomic E-state index is -0.506. The fraction of sp³-hybridized carbons (Fsp3) is 0.818. The molecule has 0 rings (SSSR count). The Bertz CT molecular complexity index is 214. The molecule has 4 nitrogen and oxygen atoms in total. The maximum atomic E-state index is 11.4. The molecule has 0 radical (unpaired) electrons. The van der Waals surface area contributed by atoms with Crippen molar-refractivity contribution in [2.45, 2.75) is 46.1 Å². The number of carbonyl (C=O) groups excluding carboxylic acids is 2.